The average Bonchev–Trinajstić information content (AvgIpc) is 2.84. The molecule has 9 nitrogen and oxygen atoms in total. The lowest BCUT2D eigenvalue weighted by Crippen LogP contribution is -2.62. The molecule has 198 valence electrons. The first kappa shape index (κ1) is 25.2. The predicted octanol–water partition coefficient (Wildman–Crippen LogP) is 2.39. The van der Waals surface area contributed by atoms with Crippen LogP contribution in [0.1, 0.15) is 29.4 Å². The minimum atomic E-state index is -2.84. The number of nitrogens with zero attached hydrogens (tertiary/aromatic N) is 4. The van der Waals surface area contributed by atoms with Gasteiger partial charge in [-0.1, -0.05) is 6.92 Å². The van der Waals surface area contributed by atoms with Crippen molar-refractivity contribution in [3.63, 3.8) is 0 Å². The first-order chi connectivity index (χ1) is 17.6. The lowest BCUT2D eigenvalue weighted by molar-refractivity contribution is -0.144. The Hall–Kier alpha value is -3.45. The van der Waals surface area contributed by atoms with Gasteiger partial charge in [-0.25, -0.2) is 23.2 Å². The number of anilines is 2. The van der Waals surface area contributed by atoms with Gasteiger partial charge in [0.05, 0.1) is 24.5 Å². The summed E-state index contributed by atoms with van der Waals surface area (Å²) in [6, 6.07) is 5.65. The Morgan fingerprint density at radius 2 is 1.92 bits per heavy atom. The summed E-state index contributed by atoms with van der Waals surface area (Å²) in [5, 5.41) is 3.81. The van der Waals surface area contributed by atoms with Crippen LogP contribution in [0.3, 0.4) is 0 Å². The number of benzene rings is 1. The van der Waals surface area contributed by atoms with E-state index in [2.05, 4.69) is 15.7 Å². The third kappa shape index (κ3) is 5.32. The first-order valence-electron chi connectivity index (χ1n) is 12.0. The Kier molecular flexibility index (Phi) is 6.67. The van der Waals surface area contributed by atoms with E-state index in [9.17, 15) is 27.2 Å². The summed E-state index contributed by atoms with van der Waals surface area (Å²) in [5.74, 6) is -4.82. The van der Waals surface area contributed by atoms with E-state index in [-0.39, 0.29) is 17.3 Å². The van der Waals surface area contributed by atoms with E-state index >= 15 is 0 Å². The van der Waals surface area contributed by atoms with Crippen molar-refractivity contribution < 1.29 is 31.9 Å². The molecule has 1 atom stereocenters. The van der Waals surface area contributed by atoms with Crippen molar-refractivity contribution in [3.05, 3.63) is 47.3 Å². The van der Waals surface area contributed by atoms with E-state index in [0.717, 1.165) is 5.01 Å². The summed E-state index contributed by atoms with van der Waals surface area (Å²) in [5.41, 5.74) is 3.13. The zero-order chi connectivity index (χ0) is 26.3. The van der Waals surface area contributed by atoms with Crippen LogP contribution in [0.2, 0.25) is 0 Å². The quantitative estimate of drug-likeness (QED) is 0.445. The average molecular weight is 523 g/mol. The van der Waals surface area contributed by atoms with E-state index in [0.29, 0.717) is 56.1 Å². The highest BCUT2D eigenvalue weighted by Crippen LogP contribution is 2.33. The molecule has 2 aromatic rings. The van der Waals surface area contributed by atoms with E-state index in [1.807, 2.05) is 11.8 Å². The maximum absolute atomic E-state index is 14.7. The topological polar surface area (TPSA) is 90.0 Å². The largest absolute Gasteiger partial charge is 0.478 e. The molecule has 1 unspecified atom stereocenters. The van der Waals surface area contributed by atoms with Crippen LogP contribution in [0, 0.1) is 11.8 Å². The van der Waals surface area contributed by atoms with Crippen molar-refractivity contribution in [3.8, 4) is 5.75 Å². The molecule has 2 N–H and O–H groups in total. The molecule has 4 heterocycles. The van der Waals surface area contributed by atoms with Crippen LogP contribution < -0.4 is 20.4 Å². The van der Waals surface area contributed by atoms with Crippen LogP contribution in [0.4, 0.5) is 28.9 Å². The van der Waals surface area contributed by atoms with Gasteiger partial charge in [-0.15, -0.1) is 0 Å². The zero-order valence-electron chi connectivity index (χ0n) is 20.1. The zero-order valence-corrected chi connectivity index (χ0v) is 20.1. The highest BCUT2D eigenvalue weighted by molar-refractivity contribution is 5.97. The predicted molar refractivity (Wildman–Crippen MR) is 125 cm³/mol. The fourth-order valence-electron chi connectivity index (χ4n) is 4.57. The van der Waals surface area contributed by atoms with Gasteiger partial charge in [0, 0.05) is 44.4 Å². The van der Waals surface area contributed by atoms with Crippen molar-refractivity contribution in [2.24, 2.45) is 0 Å². The molecule has 0 spiro atoms. The molecule has 2 fully saturated rings. The Bertz CT molecular complexity index is 1210. The minimum Gasteiger partial charge on any atom is -0.478 e. The van der Waals surface area contributed by atoms with Crippen molar-refractivity contribution >= 4 is 23.2 Å². The second kappa shape index (κ2) is 9.78. The number of piperazine rings is 1. The molecule has 1 aromatic heterocycles. The Balaban J connectivity index is 1.17. The number of pyridine rings is 1. The summed E-state index contributed by atoms with van der Waals surface area (Å²) in [6.45, 7) is 2.84. The molecule has 2 amide bonds. The number of nitrogens with one attached hydrogen (secondary N) is 2. The SMILES string of the molecule is CCC1Oc2cc(F)c(CN3CCN(c4ccc(C(=O)NN5CC(F)(F)C5)nc4F)CC3)cc2NC1=O. The lowest BCUT2D eigenvalue weighted by atomic mass is 10.1. The van der Waals surface area contributed by atoms with Crippen molar-refractivity contribution in [2.75, 3.05) is 49.5 Å². The number of hydrogen-bond acceptors (Lipinski definition) is 7. The highest BCUT2D eigenvalue weighted by atomic mass is 19.3. The van der Waals surface area contributed by atoms with E-state index in [4.69, 9.17) is 4.74 Å². The lowest BCUT2D eigenvalue weighted by Gasteiger charge is -2.38. The maximum Gasteiger partial charge on any atom is 0.284 e. The molecule has 0 aliphatic carbocycles. The number of alkyl halides is 2. The number of hydrazine groups is 1. The van der Waals surface area contributed by atoms with Crippen LogP contribution in [-0.2, 0) is 11.3 Å². The smallest absolute Gasteiger partial charge is 0.284 e. The molecule has 5 rings (SSSR count). The monoisotopic (exact) mass is 522 g/mol. The Morgan fingerprint density at radius 3 is 2.57 bits per heavy atom. The third-order valence-electron chi connectivity index (χ3n) is 6.61. The highest BCUT2D eigenvalue weighted by Gasteiger charge is 2.44. The van der Waals surface area contributed by atoms with Gasteiger partial charge >= 0.3 is 0 Å². The van der Waals surface area contributed by atoms with Crippen LogP contribution >= 0.6 is 0 Å². The molecule has 0 saturated carbocycles. The molecule has 3 aliphatic heterocycles. The van der Waals surface area contributed by atoms with Crippen molar-refractivity contribution in [1.29, 1.82) is 0 Å². The molecule has 0 bridgehead atoms. The van der Waals surface area contributed by atoms with E-state index in [1.165, 1.54) is 18.2 Å². The number of fused-ring (bicyclic) bond motifs is 1. The molecule has 3 aliphatic rings. The Morgan fingerprint density at radius 1 is 1.19 bits per heavy atom. The number of carbonyl (C=O) groups is 2. The minimum absolute atomic E-state index is 0.209. The first-order valence-corrected chi connectivity index (χ1v) is 12.0. The number of hydrogen-bond donors (Lipinski definition) is 2. The molecule has 37 heavy (non-hydrogen) atoms. The van der Waals surface area contributed by atoms with Crippen LogP contribution in [0.15, 0.2) is 24.3 Å². The molecular weight excluding hydrogens is 496 g/mol. The van der Waals surface area contributed by atoms with Gasteiger partial charge in [-0.05, 0) is 24.6 Å². The summed E-state index contributed by atoms with van der Waals surface area (Å²) in [4.78, 5) is 31.8. The number of rotatable bonds is 6. The van der Waals surface area contributed by atoms with Gasteiger partial charge in [-0.3, -0.25) is 19.9 Å². The van der Waals surface area contributed by atoms with Crippen LogP contribution in [0.5, 0.6) is 5.75 Å². The van der Waals surface area contributed by atoms with Gasteiger partial charge in [-0.2, -0.15) is 4.39 Å². The van der Waals surface area contributed by atoms with Crippen molar-refractivity contribution in [2.45, 2.75) is 31.9 Å². The van der Waals surface area contributed by atoms with E-state index < -0.39 is 42.8 Å². The number of aromatic nitrogens is 1. The molecule has 13 heteroatoms. The molecule has 0 radical (unpaired) electrons. The normalized spacial score (nSPS) is 21.5. The van der Waals surface area contributed by atoms with E-state index in [1.54, 1.807) is 11.0 Å². The molecule has 2 saturated heterocycles. The Labute approximate surface area is 210 Å². The fraction of sp³-hybridized carbons (Fsp3) is 0.458. The van der Waals surface area contributed by atoms with Gasteiger partial charge in [0.25, 0.3) is 17.7 Å². The number of halogens is 4. The number of amides is 2. The molecule has 1 aromatic carbocycles. The van der Waals surface area contributed by atoms with Crippen LogP contribution in [0.25, 0.3) is 0 Å². The van der Waals surface area contributed by atoms with Crippen LogP contribution in [-0.4, -0.2) is 78.0 Å². The van der Waals surface area contributed by atoms with Gasteiger partial charge in [0.1, 0.15) is 17.3 Å². The van der Waals surface area contributed by atoms with Gasteiger partial charge < -0.3 is 15.0 Å². The second-order valence-electron chi connectivity index (χ2n) is 9.37. The summed E-state index contributed by atoms with van der Waals surface area (Å²) < 4.78 is 60.9. The summed E-state index contributed by atoms with van der Waals surface area (Å²) in [7, 11) is 0. The summed E-state index contributed by atoms with van der Waals surface area (Å²) >= 11 is 0. The maximum atomic E-state index is 14.7. The fourth-order valence-corrected chi connectivity index (χ4v) is 4.57. The number of ether oxygens (including phenoxy) is 1. The third-order valence-corrected chi connectivity index (χ3v) is 6.61. The second-order valence-corrected chi connectivity index (χ2v) is 9.37. The van der Waals surface area contributed by atoms with Crippen molar-refractivity contribution in [1.82, 2.24) is 20.3 Å². The molecular formula is C24H26F4N6O3. The van der Waals surface area contributed by atoms with Gasteiger partial charge in [0.2, 0.25) is 5.95 Å². The standard InChI is InChI=1S/C24H26F4N6O3/c1-2-19-23(36)30-17-9-14(15(25)10-20(17)37-19)11-32-5-7-33(8-6-32)18-4-3-16(29-21(18)26)22(35)31-34-12-24(27,28)13-34/h3-4,9-10,19H,2,5-8,11-13H2,1H3,(H,30,36)(H,31,35). The van der Waals surface area contributed by atoms with Gasteiger partial charge in [0.15, 0.2) is 6.10 Å². The number of carbonyl (C=O) groups excluding carboxylic acids is 2. The summed E-state index contributed by atoms with van der Waals surface area (Å²) in [6.07, 6.45) is -0.164.